The molecule has 0 bridgehead atoms. The number of carbonyl (C=O) groups excluding carboxylic acids is 1. The predicted molar refractivity (Wildman–Crippen MR) is 84.1 cm³/mol. The monoisotopic (exact) mass is 290 g/mol. The number of nitrogens with one attached hydrogen (secondary N) is 1. The van der Waals surface area contributed by atoms with Gasteiger partial charge < -0.3 is 10.1 Å². The van der Waals surface area contributed by atoms with Gasteiger partial charge in [-0.1, -0.05) is 31.2 Å². The molecule has 1 amide bonds. The van der Waals surface area contributed by atoms with Gasteiger partial charge in [0.05, 0.1) is 0 Å². The highest BCUT2D eigenvalue weighted by Crippen LogP contribution is 2.21. The lowest BCUT2D eigenvalue weighted by atomic mass is 9.98. The van der Waals surface area contributed by atoms with E-state index < -0.39 is 0 Å². The molecule has 0 aliphatic carbocycles. The fourth-order valence-electron chi connectivity index (χ4n) is 2.84. The fourth-order valence-corrected chi connectivity index (χ4v) is 2.84. The van der Waals surface area contributed by atoms with Crippen LogP contribution in [0.15, 0.2) is 24.3 Å². The van der Waals surface area contributed by atoms with Gasteiger partial charge in [-0.25, -0.2) is 0 Å². The number of carbonyl (C=O) groups is 1. The third-order valence-corrected chi connectivity index (χ3v) is 4.12. The van der Waals surface area contributed by atoms with Gasteiger partial charge in [0, 0.05) is 32.3 Å². The van der Waals surface area contributed by atoms with Gasteiger partial charge in [-0.15, -0.1) is 0 Å². The Labute approximate surface area is 127 Å². The highest BCUT2D eigenvalue weighted by molar-refractivity contribution is 5.77. The van der Waals surface area contributed by atoms with E-state index in [2.05, 4.69) is 41.4 Å². The van der Waals surface area contributed by atoms with Crippen LogP contribution in [0, 0.1) is 0 Å². The molecule has 1 aromatic rings. The molecule has 1 aromatic carbocycles. The summed E-state index contributed by atoms with van der Waals surface area (Å²) in [6.45, 7) is 7.56. The number of hydrogen-bond donors (Lipinski definition) is 1. The van der Waals surface area contributed by atoms with Crippen molar-refractivity contribution in [1.29, 1.82) is 0 Å². The molecule has 1 N–H and O–H groups in total. The molecule has 0 aromatic heterocycles. The zero-order valence-corrected chi connectivity index (χ0v) is 13.1. The molecule has 2 rings (SSSR count). The number of fused-ring (bicyclic) bond motifs is 1. The molecule has 0 spiro atoms. The van der Waals surface area contributed by atoms with Crippen LogP contribution in [0.1, 0.15) is 31.4 Å². The van der Waals surface area contributed by atoms with E-state index in [1.165, 1.54) is 11.1 Å². The first-order valence-electron chi connectivity index (χ1n) is 7.89. The maximum atomic E-state index is 11.6. The van der Waals surface area contributed by atoms with Crippen molar-refractivity contribution in [1.82, 2.24) is 10.2 Å². The first kappa shape index (κ1) is 16.0. The van der Waals surface area contributed by atoms with Crippen molar-refractivity contribution in [3.8, 4) is 0 Å². The Morgan fingerprint density at radius 1 is 1.33 bits per heavy atom. The average Bonchev–Trinajstić information content (AvgIpc) is 2.53. The lowest BCUT2D eigenvalue weighted by Crippen LogP contribution is -2.46. The number of benzene rings is 1. The molecule has 1 aliphatic rings. The van der Waals surface area contributed by atoms with E-state index in [4.69, 9.17) is 4.74 Å². The van der Waals surface area contributed by atoms with Crippen LogP contribution in [0.4, 0.5) is 0 Å². The Kier molecular flexibility index (Phi) is 6.21. The molecule has 1 heterocycles. The van der Waals surface area contributed by atoms with Crippen LogP contribution in [0.3, 0.4) is 0 Å². The molecule has 4 heteroatoms. The molecule has 0 radical (unpaired) electrons. The largest absolute Gasteiger partial charge is 0.372 e. The van der Waals surface area contributed by atoms with Crippen LogP contribution < -0.4 is 5.32 Å². The molecule has 116 valence electrons. The molecule has 1 aliphatic heterocycles. The van der Waals surface area contributed by atoms with E-state index in [0.717, 1.165) is 25.9 Å². The van der Waals surface area contributed by atoms with Gasteiger partial charge in [0.2, 0.25) is 5.91 Å². The van der Waals surface area contributed by atoms with Crippen LogP contribution in [-0.4, -0.2) is 43.2 Å². The maximum Gasteiger partial charge on any atom is 0.246 e. The summed E-state index contributed by atoms with van der Waals surface area (Å²) in [6, 6.07) is 9.04. The highest BCUT2D eigenvalue weighted by atomic mass is 16.5. The van der Waals surface area contributed by atoms with Gasteiger partial charge in [0.1, 0.15) is 6.61 Å². The molecule has 1 unspecified atom stereocenters. The van der Waals surface area contributed by atoms with Gasteiger partial charge in [-0.3, -0.25) is 9.69 Å². The van der Waals surface area contributed by atoms with E-state index in [1.807, 2.05) is 6.92 Å². The van der Waals surface area contributed by atoms with Gasteiger partial charge in [0.15, 0.2) is 0 Å². The number of amides is 1. The Morgan fingerprint density at radius 2 is 2.10 bits per heavy atom. The van der Waals surface area contributed by atoms with Crippen LogP contribution >= 0.6 is 0 Å². The Hall–Kier alpha value is -1.39. The van der Waals surface area contributed by atoms with Crippen LogP contribution in [0.25, 0.3) is 0 Å². The lowest BCUT2D eigenvalue weighted by Gasteiger charge is -2.35. The maximum absolute atomic E-state index is 11.6. The van der Waals surface area contributed by atoms with Gasteiger partial charge in [0.25, 0.3) is 0 Å². The molecular weight excluding hydrogens is 264 g/mol. The number of ether oxygens (including phenoxy) is 1. The molecule has 0 saturated carbocycles. The van der Waals surface area contributed by atoms with Crippen molar-refractivity contribution in [2.24, 2.45) is 0 Å². The Balaban J connectivity index is 1.86. The lowest BCUT2D eigenvalue weighted by molar-refractivity contribution is -0.125. The van der Waals surface area contributed by atoms with Crippen molar-refractivity contribution in [3.63, 3.8) is 0 Å². The molecule has 1 atom stereocenters. The van der Waals surface area contributed by atoms with E-state index in [0.29, 0.717) is 19.2 Å². The minimum Gasteiger partial charge on any atom is -0.372 e. The molecular formula is C17H26N2O2. The smallest absolute Gasteiger partial charge is 0.246 e. The van der Waals surface area contributed by atoms with Gasteiger partial charge in [-0.2, -0.15) is 0 Å². The zero-order chi connectivity index (χ0) is 15.1. The Bertz CT molecular complexity index is 462. The summed E-state index contributed by atoms with van der Waals surface area (Å²) in [5, 5.41) is 2.98. The summed E-state index contributed by atoms with van der Waals surface area (Å²) in [5.41, 5.74) is 2.88. The summed E-state index contributed by atoms with van der Waals surface area (Å²) in [4.78, 5) is 14.1. The van der Waals surface area contributed by atoms with E-state index in [1.54, 1.807) is 0 Å². The van der Waals surface area contributed by atoms with Crippen molar-refractivity contribution in [3.05, 3.63) is 35.4 Å². The molecule has 0 saturated heterocycles. The summed E-state index contributed by atoms with van der Waals surface area (Å²) in [6.07, 6.45) is 2.14. The highest BCUT2D eigenvalue weighted by Gasteiger charge is 2.22. The topological polar surface area (TPSA) is 41.6 Å². The van der Waals surface area contributed by atoms with Crippen molar-refractivity contribution in [2.75, 3.05) is 26.3 Å². The Morgan fingerprint density at radius 3 is 2.81 bits per heavy atom. The minimum absolute atomic E-state index is 0.0206. The third-order valence-electron chi connectivity index (χ3n) is 4.12. The molecule has 0 fully saturated rings. The molecule has 21 heavy (non-hydrogen) atoms. The first-order valence-corrected chi connectivity index (χ1v) is 7.89. The second kappa shape index (κ2) is 8.15. The van der Waals surface area contributed by atoms with Crippen molar-refractivity contribution < 1.29 is 9.53 Å². The van der Waals surface area contributed by atoms with Crippen molar-refractivity contribution >= 4 is 5.91 Å². The predicted octanol–water partition coefficient (Wildman–Crippen LogP) is 1.98. The van der Waals surface area contributed by atoms with Gasteiger partial charge >= 0.3 is 0 Å². The average molecular weight is 290 g/mol. The summed E-state index contributed by atoms with van der Waals surface area (Å²) in [7, 11) is 0. The quantitative estimate of drug-likeness (QED) is 0.835. The van der Waals surface area contributed by atoms with E-state index >= 15 is 0 Å². The third kappa shape index (κ3) is 4.55. The molecule has 4 nitrogen and oxygen atoms in total. The first-order chi connectivity index (χ1) is 10.2. The van der Waals surface area contributed by atoms with Crippen molar-refractivity contribution in [2.45, 2.75) is 39.3 Å². The normalized spacial score (nSPS) is 16.3. The summed E-state index contributed by atoms with van der Waals surface area (Å²) >= 11 is 0. The summed E-state index contributed by atoms with van der Waals surface area (Å²) < 4.78 is 5.13. The summed E-state index contributed by atoms with van der Waals surface area (Å²) in [5.74, 6) is -0.0206. The standard InChI is InChI=1S/C17H26N2O2/c1-3-16(11-18-17(20)13-21-4-2)19-10-9-14-7-5-6-8-15(14)12-19/h5-8,16H,3-4,9-13H2,1-2H3,(H,18,20). The SMILES string of the molecule is CCOCC(=O)NCC(CC)N1CCc2ccccc2C1. The number of rotatable bonds is 7. The van der Waals surface area contributed by atoms with Crippen LogP contribution in [0.5, 0.6) is 0 Å². The van der Waals surface area contributed by atoms with E-state index in [-0.39, 0.29) is 12.5 Å². The number of nitrogens with zero attached hydrogens (tertiary/aromatic N) is 1. The van der Waals surface area contributed by atoms with E-state index in [9.17, 15) is 4.79 Å². The van der Waals surface area contributed by atoms with Gasteiger partial charge in [-0.05, 0) is 30.9 Å². The van der Waals surface area contributed by atoms with Crippen LogP contribution in [0.2, 0.25) is 0 Å². The second-order valence-electron chi connectivity index (χ2n) is 5.49. The number of hydrogen-bond acceptors (Lipinski definition) is 3. The second-order valence-corrected chi connectivity index (χ2v) is 5.49. The fraction of sp³-hybridized carbons (Fsp3) is 0.588. The zero-order valence-electron chi connectivity index (χ0n) is 13.1. The minimum atomic E-state index is -0.0206. The van der Waals surface area contributed by atoms with Crippen LogP contribution in [-0.2, 0) is 22.5 Å².